The first-order valence-electron chi connectivity index (χ1n) is 7.66. The molecule has 0 N–H and O–H groups in total. The molecule has 3 aromatic rings. The third-order valence-electron chi connectivity index (χ3n) is 3.63. The van der Waals surface area contributed by atoms with Crippen LogP contribution in [0.1, 0.15) is 20.8 Å². The quantitative estimate of drug-likeness (QED) is 0.583. The van der Waals surface area contributed by atoms with Crippen molar-refractivity contribution >= 4 is 17.1 Å². The van der Waals surface area contributed by atoms with Gasteiger partial charge in [0.1, 0.15) is 6.61 Å². The molecule has 0 amide bonds. The van der Waals surface area contributed by atoms with Crippen molar-refractivity contribution in [2.45, 2.75) is 13.0 Å². The number of ketones is 1. The Bertz CT molecular complexity index is 795. The summed E-state index contributed by atoms with van der Waals surface area (Å²) in [7, 11) is 1.61. The van der Waals surface area contributed by atoms with Gasteiger partial charge in [0.15, 0.2) is 17.3 Å². The van der Waals surface area contributed by atoms with Crippen LogP contribution in [0.15, 0.2) is 66.0 Å². The highest BCUT2D eigenvalue weighted by Gasteiger charge is 2.11. The van der Waals surface area contributed by atoms with Crippen LogP contribution in [0, 0.1) is 0 Å². The highest BCUT2D eigenvalue weighted by atomic mass is 32.1. The molecule has 0 fully saturated rings. The van der Waals surface area contributed by atoms with E-state index in [1.807, 2.05) is 66.0 Å². The molecule has 3 rings (SSSR count). The van der Waals surface area contributed by atoms with E-state index in [4.69, 9.17) is 9.47 Å². The maximum atomic E-state index is 12.3. The summed E-state index contributed by atoms with van der Waals surface area (Å²) in [6.07, 6.45) is 0.353. The van der Waals surface area contributed by atoms with Gasteiger partial charge in [0.05, 0.1) is 12.0 Å². The average Bonchev–Trinajstić information content (AvgIpc) is 3.16. The Morgan fingerprint density at radius 1 is 0.958 bits per heavy atom. The Morgan fingerprint density at radius 2 is 1.79 bits per heavy atom. The maximum Gasteiger partial charge on any atom is 0.177 e. The molecule has 0 aliphatic rings. The van der Waals surface area contributed by atoms with Crippen molar-refractivity contribution < 1.29 is 14.3 Å². The number of carbonyl (C=O) groups excluding carboxylic acids is 1. The van der Waals surface area contributed by atoms with Gasteiger partial charge in [-0.25, -0.2) is 0 Å². The zero-order chi connectivity index (χ0) is 16.8. The van der Waals surface area contributed by atoms with Crippen molar-refractivity contribution in [1.82, 2.24) is 0 Å². The molecule has 2 aromatic carbocycles. The number of hydrogen-bond acceptors (Lipinski definition) is 4. The number of Topliss-reactive ketones (excluding diaryl/α,β-unsaturated/α-hetero) is 1. The van der Waals surface area contributed by atoms with E-state index in [0.717, 1.165) is 16.0 Å². The summed E-state index contributed by atoms with van der Waals surface area (Å²) in [4.78, 5) is 13.0. The van der Waals surface area contributed by atoms with Crippen LogP contribution in [0.2, 0.25) is 0 Å². The van der Waals surface area contributed by atoms with Gasteiger partial charge in [-0.05, 0) is 34.7 Å². The monoisotopic (exact) mass is 338 g/mol. The number of methoxy groups -OCH3 is 1. The smallest absolute Gasteiger partial charge is 0.177 e. The molecule has 0 aliphatic carbocycles. The molecule has 3 nitrogen and oxygen atoms in total. The molecule has 0 saturated carbocycles. The van der Waals surface area contributed by atoms with Crippen LogP contribution in [0.5, 0.6) is 11.5 Å². The third kappa shape index (κ3) is 4.03. The largest absolute Gasteiger partial charge is 0.493 e. The van der Waals surface area contributed by atoms with E-state index in [9.17, 15) is 4.79 Å². The average molecular weight is 338 g/mol. The first-order chi connectivity index (χ1) is 11.8. The van der Waals surface area contributed by atoms with Gasteiger partial charge in [0.25, 0.3) is 0 Å². The van der Waals surface area contributed by atoms with Crippen LogP contribution in [-0.2, 0) is 13.0 Å². The molecule has 122 valence electrons. The molecular weight excluding hydrogens is 320 g/mol. The number of carbonyl (C=O) groups is 1. The van der Waals surface area contributed by atoms with Gasteiger partial charge in [-0.1, -0.05) is 42.5 Å². The first-order valence-corrected chi connectivity index (χ1v) is 8.54. The summed E-state index contributed by atoms with van der Waals surface area (Å²) in [6.45, 7) is 0.458. The Kier molecular flexibility index (Phi) is 5.29. The van der Waals surface area contributed by atoms with Gasteiger partial charge in [-0.3, -0.25) is 4.79 Å². The standard InChI is InChI=1S/C20H18O3S/c1-22-18-10-9-16(12-17(21)20-8-5-11-24-20)13-19(18)23-14-15-6-3-2-4-7-15/h2-11,13H,12,14H2,1H3. The van der Waals surface area contributed by atoms with E-state index in [1.54, 1.807) is 7.11 Å². The predicted octanol–water partition coefficient (Wildman–Crippen LogP) is 4.76. The molecule has 0 radical (unpaired) electrons. The molecule has 0 spiro atoms. The van der Waals surface area contributed by atoms with Crippen molar-refractivity contribution in [2.24, 2.45) is 0 Å². The molecule has 0 saturated heterocycles. The fourth-order valence-corrected chi connectivity index (χ4v) is 3.05. The Hall–Kier alpha value is -2.59. The van der Waals surface area contributed by atoms with Crippen LogP contribution in [0.4, 0.5) is 0 Å². The van der Waals surface area contributed by atoms with Gasteiger partial charge in [0.2, 0.25) is 0 Å². The summed E-state index contributed by atoms with van der Waals surface area (Å²) in [5, 5.41) is 1.91. The van der Waals surface area contributed by atoms with Gasteiger partial charge in [0, 0.05) is 6.42 Å². The number of hydrogen-bond donors (Lipinski definition) is 0. The van der Waals surface area contributed by atoms with Crippen LogP contribution < -0.4 is 9.47 Å². The molecule has 1 heterocycles. The van der Waals surface area contributed by atoms with Crippen molar-refractivity contribution in [1.29, 1.82) is 0 Å². The van der Waals surface area contributed by atoms with E-state index < -0.39 is 0 Å². The predicted molar refractivity (Wildman–Crippen MR) is 96.1 cm³/mol. The zero-order valence-corrected chi connectivity index (χ0v) is 14.2. The summed E-state index contributed by atoms with van der Waals surface area (Å²) < 4.78 is 11.3. The second-order valence-electron chi connectivity index (χ2n) is 5.34. The number of rotatable bonds is 7. The van der Waals surface area contributed by atoms with Crippen LogP contribution in [0.25, 0.3) is 0 Å². The number of ether oxygens (including phenoxy) is 2. The lowest BCUT2D eigenvalue weighted by molar-refractivity contribution is 0.0996. The second-order valence-corrected chi connectivity index (χ2v) is 6.28. The van der Waals surface area contributed by atoms with Gasteiger partial charge < -0.3 is 9.47 Å². The van der Waals surface area contributed by atoms with E-state index in [1.165, 1.54) is 11.3 Å². The minimum Gasteiger partial charge on any atom is -0.493 e. The lowest BCUT2D eigenvalue weighted by Crippen LogP contribution is -2.03. The Morgan fingerprint density at radius 3 is 2.50 bits per heavy atom. The van der Waals surface area contributed by atoms with E-state index in [0.29, 0.717) is 24.5 Å². The lowest BCUT2D eigenvalue weighted by atomic mass is 10.1. The van der Waals surface area contributed by atoms with Crippen molar-refractivity contribution in [2.75, 3.05) is 7.11 Å². The molecular formula is C20H18O3S. The summed E-state index contributed by atoms with van der Waals surface area (Å²) in [5.41, 5.74) is 2.00. The summed E-state index contributed by atoms with van der Waals surface area (Å²) >= 11 is 1.46. The molecule has 0 aliphatic heterocycles. The Balaban J connectivity index is 1.74. The lowest BCUT2D eigenvalue weighted by Gasteiger charge is -2.12. The highest BCUT2D eigenvalue weighted by molar-refractivity contribution is 7.12. The SMILES string of the molecule is COc1ccc(CC(=O)c2cccs2)cc1OCc1ccccc1. The Labute approximate surface area is 145 Å². The second kappa shape index (κ2) is 7.79. The number of benzene rings is 2. The topological polar surface area (TPSA) is 35.5 Å². The molecule has 4 heteroatoms. The molecule has 1 aromatic heterocycles. The van der Waals surface area contributed by atoms with Gasteiger partial charge >= 0.3 is 0 Å². The minimum absolute atomic E-state index is 0.115. The molecule has 0 atom stereocenters. The first kappa shape index (κ1) is 16.3. The van der Waals surface area contributed by atoms with Crippen molar-refractivity contribution in [3.63, 3.8) is 0 Å². The summed E-state index contributed by atoms with van der Waals surface area (Å²) in [5.74, 6) is 1.43. The summed E-state index contributed by atoms with van der Waals surface area (Å²) in [6, 6.07) is 19.3. The molecule has 24 heavy (non-hydrogen) atoms. The maximum absolute atomic E-state index is 12.3. The fraction of sp³-hybridized carbons (Fsp3) is 0.150. The minimum atomic E-state index is 0.115. The van der Waals surface area contributed by atoms with Crippen LogP contribution in [-0.4, -0.2) is 12.9 Å². The van der Waals surface area contributed by atoms with Crippen LogP contribution >= 0.6 is 11.3 Å². The van der Waals surface area contributed by atoms with E-state index in [2.05, 4.69) is 0 Å². The highest BCUT2D eigenvalue weighted by Crippen LogP contribution is 2.29. The molecule has 0 unspecified atom stereocenters. The van der Waals surface area contributed by atoms with Crippen molar-refractivity contribution in [3.05, 3.63) is 82.0 Å². The van der Waals surface area contributed by atoms with Crippen molar-refractivity contribution in [3.8, 4) is 11.5 Å². The fourth-order valence-electron chi connectivity index (χ4n) is 2.39. The van der Waals surface area contributed by atoms with Crippen LogP contribution in [0.3, 0.4) is 0 Å². The van der Waals surface area contributed by atoms with E-state index >= 15 is 0 Å². The normalized spacial score (nSPS) is 10.4. The zero-order valence-electron chi connectivity index (χ0n) is 13.4. The van der Waals surface area contributed by atoms with Gasteiger partial charge in [-0.2, -0.15) is 0 Å². The van der Waals surface area contributed by atoms with Gasteiger partial charge in [-0.15, -0.1) is 11.3 Å². The third-order valence-corrected chi connectivity index (χ3v) is 4.54. The number of thiophene rings is 1. The van der Waals surface area contributed by atoms with E-state index in [-0.39, 0.29) is 5.78 Å². The molecule has 0 bridgehead atoms.